The number of imidazole rings is 1. The molecule has 1 aromatic heterocycles. The van der Waals surface area contributed by atoms with Crippen molar-refractivity contribution in [2.24, 2.45) is 0 Å². The maximum atomic E-state index is 13.2. The summed E-state index contributed by atoms with van der Waals surface area (Å²) in [5, 5.41) is 0.764. The number of para-hydroxylation sites is 2. The van der Waals surface area contributed by atoms with Gasteiger partial charge in [-0.25, -0.2) is 9.37 Å². The van der Waals surface area contributed by atoms with Gasteiger partial charge in [-0.2, -0.15) is 0 Å². The molecule has 0 saturated heterocycles. The summed E-state index contributed by atoms with van der Waals surface area (Å²) < 4.78 is 13.2. The molecule has 1 N–H and O–H groups in total. The number of rotatable bonds is 6. The lowest BCUT2D eigenvalue weighted by atomic mass is 9.94. The second kappa shape index (κ2) is 8.78. The number of benzene rings is 2. The van der Waals surface area contributed by atoms with Crippen molar-refractivity contribution >= 4 is 28.7 Å². The van der Waals surface area contributed by atoms with Crippen LogP contribution in [0.1, 0.15) is 37.7 Å². The van der Waals surface area contributed by atoms with Crippen molar-refractivity contribution in [2.75, 3.05) is 5.75 Å². The molecule has 1 aliphatic rings. The van der Waals surface area contributed by atoms with Gasteiger partial charge in [-0.15, -0.1) is 0 Å². The number of H-pyrrole nitrogens is 1. The van der Waals surface area contributed by atoms with E-state index in [-0.39, 0.29) is 17.8 Å². The normalized spacial score (nSPS) is 15.0. The molecule has 0 atom stereocenters. The van der Waals surface area contributed by atoms with Crippen LogP contribution in [0, 0.1) is 5.82 Å². The number of aromatic nitrogens is 2. The minimum Gasteiger partial charge on any atom is -0.335 e. The Labute approximate surface area is 168 Å². The van der Waals surface area contributed by atoms with Crippen molar-refractivity contribution < 1.29 is 9.18 Å². The number of carbonyl (C=O) groups excluding carboxylic acids is 1. The van der Waals surface area contributed by atoms with Crippen LogP contribution in [0.25, 0.3) is 11.0 Å². The van der Waals surface area contributed by atoms with E-state index in [9.17, 15) is 9.18 Å². The van der Waals surface area contributed by atoms with Gasteiger partial charge >= 0.3 is 0 Å². The molecule has 4 rings (SSSR count). The molecule has 0 spiro atoms. The molecule has 0 unspecified atom stereocenters. The second-order valence-corrected chi connectivity index (χ2v) is 8.25. The third kappa shape index (κ3) is 4.55. The van der Waals surface area contributed by atoms with E-state index in [2.05, 4.69) is 9.97 Å². The summed E-state index contributed by atoms with van der Waals surface area (Å²) in [6, 6.07) is 14.6. The Kier molecular flexibility index (Phi) is 5.95. The summed E-state index contributed by atoms with van der Waals surface area (Å²) in [5.41, 5.74) is 2.86. The number of nitrogens with zero attached hydrogens (tertiary/aromatic N) is 2. The first kappa shape index (κ1) is 19.0. The number of aromatic amines is 1. The fraction of sp³-hybridized carbons (Fsp3) is 0.364. The largest absolute Gasteiger partial charge is 0.335 e. The van der Waals surface area contributed by atoms with E-state index < -0.39 is 0 Å². The number of carbonyl (C=O) groups is 1. The van der Waals surface area contributed by atoms with Crippen LogP contribution < -0.4 is 0 Å². The highest BCUT2D eigenvalue weighted by molar-refractivity contribution is 7.99. The van der Waals surface area contributed by atoms with Crippen LogP contribution in [-0.2, 0) is 11.3 Å². The molecule has 146 valence electrons. The van der Waals surface area contributed by atoms with E-state index in [1.54, 1.807) is 12.1 Å². The predicted molar refractivity (Wildman–Crippen MR) is 111 cm³/mol. The van der Waals surface area contributed by atoms with Gasteiger partial charge in [-0.1, -0.05) is 55.3 Å². The lowest BCUT2D eigenvalue weighted by Crippen LogP contribution is -2.41. The predicted octanol–water partition coefficient (Wildman–Crippen LogP) is 5.16. The van der Waals surface area contributed by atoms with Gasteiger partial charge in [0.15, 0.2) is 5.16 Å². The van der Waals surface area contributed by atoms with E-state index in [1.807, 2.05) is 29.2 Å². The molecular weight excluding hydrogens is 373 g/mol. The van der Waals surface area contributed by atoms with Crippen molar-refractivity contribution in [3.63, 3.8) is 0 Å². The van der Waals surface area contributed by atoms with Crippen molar-refractivity contribution in [2.45, 2.75) is 49.8 Å². The number of hydrogen-bond acceptors (Lipinski definition) is 3. The van der Waals surface area contributed by atoms with E-state index in [1.165, 1.54) is 30.3 Å². The van der Waals surface area contributed by atoms with E-state index in [4.69, 9.17) is 0 Å². The summed E-state index contributed by atoms with van der Waals surface area (Å²) in [4.78, 5) is 22.9. The van der Waals surface area contributed by atoms with Crippen LogP contribution >= 0.6 is 11.8 Å². The Hall–Kier alpha value is -2.34. The SMILES string of the molecule is O=C(CSc1nc2ccccc2[nH]1)N(Cc1ccc(F)cc1)C1CCCCC1. The fourth-order valence-electron chi connectivity index (χ4n) is 3.81. The third-order valence-electron chi connectivity index (χ3n) is 5.30. The topological polar surface area (TPSA) is 49.0 Å². The van der Waals surface area contributed by atoms with E-state index in [0.717, 1.165) is 47.4 Å². The highest BCUT2D eigenvalue weighted by Gasteiger charge is 2.25. The standard InChI is InChI=1S/C22H24FN3OS/c23-17-12-10-16(11-13-17)14-26(18-6-2-1-3-7-18)21(27)15-28-22-24-19-8-4-5-9-20(19)25-22/h4-5,8-13,18H,1-3,6-7,14-15H2,(H,24,25). The quantitative estimate of drug-likeness (QED) is 0.585. The molecule has 0 bridgehead atoms. The molecule has 1 aliphatic carbocycles. The lowest BCUT2D eigenvalue weighted by Gasteiger charge is -2.34. The Morgan fingerprint density at radius 2 is 1.86 bits per heavy atom. The first-order chi connectivity index (χ1) is 13.7. The number of nitrogens with one attached hydrogen (secondary N) is 1. The van der Waals surface area contributed by atoms with Gasteiger partial charge in [0, 0.05) is 12.6 Å². The molecule has 1 amide bonds. The minimum absolute atomic E-state index is 0.113. The maximum Gasteiger partial charge on any atom is 0.233 e. The molecule has 1 saturated carbocycles. The first-order valence-corrected chi connectivity index (χ1v) is 10.8. The highest BCUT2D eigenvalue weighted by atomic mass is 32.2. The number of fused-ring (bicyclic) bond motifs is 1. The van der Waals surface area contributed by atoms with Crippen LogP contribution in [-0.4, -0.2) is 32.6 Å². The summed E-state index contributed by atoms with van der Waals surface area (Å²) in [5.74, 6) is 0.207. The monoisotopic (exact) mass is 397 g/mol. The van der Waals surface area contributed by atoms with Gasteiger partial charge in [-0.05, 0) is 42.7 Å². The van der Waals surface area contributed by atoms with Crippen molar-refractivity contribution in [3.05, 3.63) is 59.9 Å². The molecule has 1 fully saturated rings. The van der Waals surface area contributed by atoms with Crippen LogP contribution in [0.2, 0.25) is 0 Å². The summed E-state index contributed by atoms with van der Waals surface area (Å²) in [7, 11) is 0. The molecule has 28 heavy (non-hydrogen) atoms. The lowest BCUT2D eigenvalue weighted by molar-refractivity contribution is -0.132. The average Bonchev–Trinajstić information content (AvgIpc) is 3.15. The Bertz CT molecular complexity index is 901. The Morgan fingerprint density at radius 1 is 1.11 bits per heavy atom. The van der Waals surface area contributed by atoms with E-state index in [0.29, 0.717) is 12.3 Å². The van der Waals surface area contributed by atoms with E-state index >= 15 is 0 Å². The maximum absolute atomic E-state index is 13.2. The molecule has 6 heteroatoms. The van der Waals surface area contributed by atoms with Crippen molar-refractivity contribution in [1.82, 2.24) is 14.9 Å². The highest BCUT2D eigenvalue weighted by Crippen LogP contribution is 2.26. The summed E-state index contributed by atoms with van der Waals surface area (Å²) >= 11 is 1.44. The van der Waals surface area contributed by atoms with Crippen LogP contribution in [0.5, 0.6) is 0 Å². The smallest absolute Gasteiger partial charge is 0.233 e. The van der Waals surface area contributed by atoms with Gasteiger partial charge in [0.05, 0.1) is 16.8 Å². The van der Waals surface area contributed by atoms with Gasteiger partial charge < -0.3 is 9.88 Å². The number of hydrogen-bond donors (Lipinski definition) is 1. The van der Waals surface area contributed by atoms with Gasteiger partial charge in [0.1, 0.15) is 5.82 Å². The first-order valence-electron chi connectivity index (χ1n) is 9.80. The Balaban J connectivity index is 1.46. The van der Waals surface area contributed by atoms with Gasteiger partial charge in [-0.3, -0.25) is 4.79 Å². The van der Waals surface area contributed by atoms with Crippen molar-refractivity contribution in [3.8, 4) is 0 Å². The van der Waals surface area contributed by atoms with Crippen molar-refractivity contribution in [1.29, 1.82) is 0 Å². The van der Waals surface area contributed by atoms with Crippen LogP contribution in [0.4, 0.5) is 4.39 Å². The number of halogens is 1. The number of thioether (sulfide) groups is 1. The summed E-state index contributed by atoms with van der Waals surface area (Å²) in [6.07, 6.45) is 5.65. The third-order valence-corrected chi connectivity index (χ3v) is 6.16. The molecule has 2 aromatic carbocycles. The Morgan fingerprint density at radius 3 is 2.61 bits per heavy atom. The zero-order valence-corrected chi connectivity index (χ0v) is 16.6. The molecular formula is C22H24FN3OS. The fourth-order valence-corrected chi connectivity index (χ4v) is 4.58. The zero-order chi connectivity index (χ0) is 19.3. The molecule has 0 radical (unpaired) electrons. The molecule has 0 aliphatic heterocycles. The van der Waals surface area contributed by atoms with Crippen LogP contribution in [0.15, 0.2) is 53.7 Å². The second-order valence-electron chi connectivity index (χ2n) is 7.29. The molecule has 4 nitrogen and oxygen atoms in total. The minimum atomic E-state index is -0.250. The molecule has 3 aromatic rings. The zero-order valence-electron chi connectivity index (χ0n) is 15.7. The summed E-state index contributed by atoms with van der Waals surface area (Å²) in [6.45, 7) is 0.532. The number of amides is 1. The van der Waals surface area contributed by atoms with Gasteiger partial charge in [0.2, 0.25) is 5.91 Å². The van der Waals surface area contributed by atoms with Gasteiger partial charge in [0.25, 0.3) is 0 Å². The molecule has 1 heterocycles. The average molecular weight is 398 g/mol. The van der Waals surface area contributed by atoms with Crippen LogP contribution in [0.3, 0.4) is 0 Å².